The molecule has 4 bridgehead atoms. The Morgan fingerprint density at radius 1 is 1.05 bits per heavy atom. The first kappa shape index (κ1) is 15.3. The molecule has 0 saturated heterocycles. The van der Waals surface area contributed by atoms with Crippen molar-refractivity contribution in [2.75, 3.05) is 13.1 Å². The third-order valence-electron chi connectivity index (χ3n) is 6.07. The first-order chi connectivity index (χ1) is 9.74. The summed E-state index contributed by atoms with van der Waals surface area (Å²) in [7, 11) is 0. The van der Waals surface area contributed by atoms with Crippen LogP contribution in [0.1, 0.15) is 66.2 Å². The van der Waals surface area contributed by atoms with E-state index in [-0.39, 0.29) is 5.41 Å². The van der Waals surface area contributed by atoms with E-state index in [2.05, 4.69) is 38.3 Å². The van der Waals surface area contributed by atoms with Gasteiger partial charge in [-0.3, -0.25) is 4.79 Å². The van der Waals surface area contributed by atoms with Crippen molar-refractivity contribution in [3.8, 4) is 0 Å². The summed E-state index contributed by atoms with van der Waals surface area (Å²) in [5, 5.41) is 6.60. The minimum Gasteiger partial charge on any atom is -0.354 e. The largest absolute Gasteiger partial charge is 0.354 e. The van der Waals surface area contributed by atoms with Crippen molar-refractivity contribution in [2.45, 2.75) is 72.3 Å². The Labute approximate surface area is 129 Å². The molecule has 4 aliphatic rings. The molecule has 0 aromatic rings. The Balaban J connectivity index is 1.65. The lowest BCUT2D eigenvalue weighted by Gasteiger charge is -2.64. The summed E-state index contributed by atoms with van der Waals surface area (Å²) in [4.78, 5) is 12.9. The zero-order valence-corrected chi connectivity index (χ0v) is 14.2. The first-order valence-corrected chi connectivity index (χ1v) is 8.76. The Morgan fingerprint density at radius 3 is 2.19 bits per heavy atom. The minimum atomic E-state index is -0.0548. The molecule has 120 valence electrons. The van der Waals surface area contributed by atoms with Crippen LogP contribution in [0.3, 0.4) is 0 Å². The third-order valence-corrected chi connectivity index (χ3v) is 6.07. The average molecular weight is 292 g/mol. The van der Waals surface area contributed by atoms with Crippen LogP contribution in [-0.2, 0) is 4.79 Å². The molecule has 4 aliphatic carbocycles. The summed E-state index contributed by atoms with van der Waals surface area (Å²) in [5.74, 6) is 1.13. The van der Waals surface area contributed by atoms with E-state index in [4.69, 9.17) is 0 Å². The normalized spacial score (nSPS) is 44.3. The van der Waals surface area contributed by atoms with Crippen LogP contribution in [0.5, 0.6) is 0 Å². The van der Waals surface area contributed by atoms with Crippen LogP contribution in [0.15, 0.2) is 0 Å². The first-order valence-electron chi connectivity index (χ1n) is 8.76. The lowest BCUT2D eigenvalue weighted by molar-refractivity contribution is -0.170. The fraction of sp³-hybridized carbons (Fsp3) is 0.944. The Morgan fingerprint density at radius 2 is 1.67 bits per heavy atom. The molecule has 4 rings (SSSR count). The standard InChI is InChI=1S/C18H32N2O/c1-13(2)19-5-6-20-15(21)18-9-14-7-16(3,11-18)10-17(4,8-14)12-18/h13-14,19H,5-12H2,1-4H3,(H,20,21). The summed E-state index contributed by atoms with van der Waals surface area (Å²) in [6.45, 7) is 10.8. The van der Waals surface area contributed by atoms with Gasteiger partial charge in [0.1, 0.15) is 0 Å². The van der Waals surface area contributed by atoms with Gasteiger partial charge in [-0.2, -0.15) is 0 Å². The van der Waals surface area contributed by atoms with Crippen molar-refractivity contribution in [1.82, 2.24) is 10.6 Å². The van der Waals surface area contributed by atoms with Crippen molar-refractivity contribution < 1.29 is 4.79 Å². The van der Waals surface area contributed by atoms with Crippen molar-refractivity contribution in [2.24, 2.45) is 22.2 Å². The molecular weight excluding hydrogens is 260 g/mol. The molecule has 0 aromatic heterocycles. The molecule has 3 nitrogen and oxygen atoms in total. The molecule has 2 atom stereocenters. The maximum Gasteiger partial charge on any atom is 0.226 e. The van der Waals surface area contributed by atoms with Gasteiger partial charge in [0, 0.05) is 19.1 Å². The number of amides is 1. The lowest BCUT2D eigenvalue weighted by atomic mass is 9.40. The van der Waals surface area contributed by atoms with Crippen molar-refractivity contribution in [3.05, 3.63) is 0 Å². The third kappa shape index (κ3) is 2.86. The smallest absolute Gasteiger partial charge is 0.226 e. The van der Waals surface area contributed by atoms with Gasteiger partial charge in [-0.1, -0.05) is 27.7 Å². The summed E-state index contributed by atoms with van der Waals surface area (Å²) in [5.41, 5.74) is 0.782. The molecule has 4 fully saturated rings. The quantitative estimate of drug-likeness (QED) is 0.765. The Bertz CT molecular complexity index is 413. The van der Waals surface area contributed by atoms with E-state index < -0.39 is 0 Å². The van der Waals surface area contributed by atoms with Gasteiger partial charge in [0.05, 0.1) is 5.41 Å². The summed E-state index contributed by atoms with van der Waals surface area (Å²) >= 11 is 0. The molecule has 0 radical (unpaired) electrons. The fourth-order valence-electron chi connectivity index (χ4n) is 6.43. The highest BCUT2D eigenvalue weighted by molar-refractivity contribution is 5.83. The molecule has 21 heavy (non-hydrogen) atoms. The van der Waals surface area contributed by atoms with Gasteiger partial charge in [0.25, 0.3) is 0 Å². The predicted molar refractivity (Wildman–Crippen MR) is 86.0 cm³/mol. The molecule has 3 heteroatoms. The highest BCUT2D eigenvalue weighted by atomic mass is 16.2. The highest BCUT2D eigenvalue weighted by Gasteiger charge is 2.62. The fourth-order valence-corrected chi connectivity index (χ4v) is 6.43. The Kier molecular flexibility index (Phi) is 3.63. The minimum absolute atomic E-state index is 0.0548. The van der Waals surface area contributed by atoms with Crippen molar-refractivity contribution >= 4 is 5.91 Å². The van der Waals surface area contributed by atoms with Crippen LogP contribution >= 0.6 is 0 Å². The zero-order chi connectivity index (χ0) is 15.3. The van der Waals surface area contributed by atoms with E-state index in [1.165, 1.54) is 19.3 Å². The second kappa shape index (κ2) is 4.97. The van der Waals surface area contributed by atoms with Gasteiger partial charge in [-0.05, 0) is 55.3 Å². The topological polar surface area (TPSA) is 41.1 Å². The highest BCUT2D eigenvalue weighted by Crippen LogP contribution is 2.69. The van der Waals surface area contributed by atoms with Crippen LogP contribution in [0.4, 0.5) is 0 Å². The molecule has 1 amide bonds. The number of carbonyl (C=O) groups excluding carboxylic acids is 1. The van der Waals surface area contributed by atoms with Gasteiger partial charge in [-0.15, -0.1) is 0 Å². The zero-order valence-electron chi connectivity index (χ0n) is 14.2. The Hall–Kier alpha value is -0.570. The van der Waals surface area contributed by atoms with Gasteiger partial charge >= 0.3 is 0 Å². The summed E-state index contributed by atoms with van der Waals surface area (Å²) in [6, 6.07) is 0.485. The van der Waals surface area contributed by atoms with Crippen LogP contribution in [0, 0.1) is 22.2 Å². The van der Waals surface area contributed by atoms with E-state index in [1.54, 1.807) is 0 Å². The van der Waals surface area contributed by atoms with Gasteiger partial charge < -0.3 is 10.6 Å². The van der Waals surface area contributed by atoms with E-state index in [1.807, 2.05) is 0 Å². The molecule has 0 aliphatic heterocycles. The second-order valence-electron chi connectivity index (χ2n) is 9.28. The van der Waals surface area contributed by atoms with Crippen molar-refractivity contribution in [3.63, 3.8) is 0 Å². The van der Waals surface area contributed by atoms with Crippen LogP contribution < -0.4 is 10.6 Å². The monoisotopic (exact) mass is 292 g/mol. The molecule has 2 N–H and O–H groups in total. The van der Waals surface area contributed by atoms with Crippen LogP contribution in [-0.4, -0.2) is 25.0 Å². The summed E-state index contributed by atoms with van der Waals surface area (Å²) < 4.78 is 0. The predicted octanol–water partition coefficient (Wildman–Crippen LogP) is 3.10. The average Bonchev–Trinajstić information content (AvgIpc) is 2.29. The van der Waals surface area contributed by atoms with Crippen LogP contribution in [0.25, 0.3) is 0 Å². The molecule has 4 saturated carbocycles. The molecule has 0 aromatic carbocycles. The second-order valence-corrected chi connectivity index (χ2v) is 9.28. The van der Waals surface area contributed by atoms with Gasteiger partial charge in [0.15, 0.2) is 0 Å². The number of nitrogens with one attached hydrogen (secondary N) is 2. The molecular formula is C18H32N2O. The van der Waals surface area contributed by atoms with Crippen LogP contribution in [0.2, 0.25) is 0 Å². The van der Waals surface area contributed by atoms with E-state index in [0.29, 0.717) is 22.8 Å². The summed E-state index contributed by atoms with van der Waals surface area (Å²) in [6.07, 6.45) is 7.42. The van der Waals surface area contributed by atoms with E-state index in [9.17, 15) is 4.79 Å². The van der Waals surface area contributed by atoms with E-state index in [0.717, 1.165) is 38.3 Å². The lowest BCUT2D eigenvalue weighted by Crippen LogP contribution is -2.60. The van der Waals surface area contributed by atoms with Gasteiger partial charge in [0.2, 0.25) is 5.91 Å². The van der Waals surface area contributed by atoms with E-state index >= 15 is 0 Å². The molecule has 0 spiro atoms. The number of carbonyl (C=O) groups is 1. The number of hydrogen-bond donors (Lipinski definition) is 2. The SMILES string of the molecule is CC(C)NCCNC(=O)C12CC3CC(C)(CC(C)(C3)C1)C2. The maximum absolute atomic E-state index is 12.9. The maximum atomic E-state index is 12.9. The number of hydrogen-bond acceptors (Lipinski definition) is 2. The molecule has 2 unspecified atom stereocenters. The number of rotatable bonds is 5. The molecule has 0 heterocycles. The van der Waals surface area contributed by atoms with Crippen molar-refractivity contribution in [1.29, 1.82) is 0 Å². The van der Waals surface area contributed by atoms with Gasteiger partial charge in [-0.25, -0.2) is 0 Å².